The van der Waals surface area contributed by atoms with Gasteiger partial charge in [-0.05, 0) is 48.5 Å². The van der Waals surface area contributed by atoms with Gasteiger partial charge in [0.25, 0.3) is 0 Å². The quantitative estimate of drug-likeness (QED) is 0.0361. The Balaban J connectivity index is 1.51. The highest BCUT2D eigenvalue weighted by atomic mass is 19.2. The number of hydrogen-bond acceptors (Lipinski definition) is 10. The van der Waals surface area contributed by atoms with Crippen LogP contribution in [-0.2, 0) is 0 Å². The van der Waals surface area contributed by atoms with Gasteiger partial charge in [0.15, 0.2) is 69.8 Å². The highest BCUT2D eigenvalue weighted by Gasteiger charge is 2.34. The molecule has 0 aliphatic carbocycles. The van der Waals surface area contributed by atoms with E-state index in [0.717, 1.165) is 18.2 Å². The average Bonchev–Trinajstić information content (AvgIpc) is 4.21. The fourth-order valence-corrected chi connectivity index (χ4v) is 7.76. The van der Waals surface area contributed by atoms with Crippen molar-refractivity contribution in [1.82, 2.24) is 19.9 Å². The maximum atomic E-state index is 16.6. The lowest BCUT2D eigenvalue weighted by atomic mass is 9.97. The number of hydrogen-bond donors (Lipinski definition) is 12. The largest absolute Gasteiger partial charge is 0.394 e. The van der Waals surface area contributed by atoms with Crippen molar-refractivity contribution in [3.63, 3.8) is 0 Å². The van der Waals surface area contributed by atoms with Crippen molar-refractivity contribution in [2.24, 2.45) is 0 Å². The molecule has 5 heterocycles. The van der Waals surface area contributed by atoms with Crippen LogP contribution in [-0.4, -0.2) is 108 Å². The molecule has 7 aromatic rings. The third-order valence-electron chi connectivity index (χ3n) is 11.3. The van der Waals surface area contributed by atoms with Gasteiger partial charge in [0, 0.05) is 58.4 Å². The first-order valence-electron chi connectivity index (χ1n) is 20.8. The lowest BCUT2D eigenvalue weighted by molar-refractivity contribution is 0.105. The number of aliphatic hydroxyl groups excluding tert-OH is 6. The molecule has 0 unspecified atom stereocenters. The number of halogens is 12. The summed E-state index contributed by atoms with van der Waals surface area (Å²) in [6, 6.07) is 8.02. The summed E-state index contributed by atoms with van der Waals surface area (Å²) in [5.74, 6) is -25.3. The van der Waals surface area contributed by atoms with Crippen molar-refractivity contribution in [3.8, 4) is 22.3 Å². The number of fused-ring (bicyclic) bond motifs is 9. The Labute approximate surface area is 389 Å². The minimum absolute atomic E-state index is 0.0344. The summed E-state index contributed by atoms with van der Waals surface area (Å²) in [5, 5.41) is 62.5. The number of nitrogens with one attached hydrogen (secondary N) is 6. The highest BCUT2D eigenvalue weighted by molar-refractivity contribution is 6.02. The Bertz CT molecular complexity index is 3330. The summed E-state index contributed by atoms with van der Waals surface area (Å²) in [4.78, 5) is 12.5. The third-order valence-corrected chi connectivity index (χ3v) is 11.3. The molecule has 0 fully saturated rings. The van der Waals surface area contributed by atoms with E-state index in [1.807, 2.05) is 16.0 Å². The Hall–Kier alpha value is -7.29. The zero-order valence-corrected chi connectivity index (χ0v) is 35.8. The molecular weight excluding hydrogens is 975 g/mol. The lowest BCUT2D eigenvalue weighted by Crippen LogP contribution is -2.24. The summed E-state index contributed by atoms with van der Waals surface area (Å²) >= 11 is 0. The van der Waals surface area contributed by atoms with Gasteiger partial charge in [-0.3, -0.25) is 0 Å². The molecule has 71 heavy (non-hydrogen) atoms. The average molecular weight is 1010 g/mol. The van der Waals surface area contributed by atoms with Crippen LogP contribution in [0.5, 0.6) is 0 Å². The summed E-state index contributed by atoms with van der Waals surface area (Å²) in [6.45, 7) is -5.26. The maximum Gasteiger partial charge on any atom is 0.185 e. The molecule has 4 aromatic heterocycles. The van der Waals surface area contributed by atoms with E-state index in [1.54, 1.807) is 0 Å². The standard InChI is InChI=1S/C46H35F12N7O6/c47-32-27(33(48)39(54)44(38(32)53)59-9-16(69)12-66)19-8-26-29(31-36(51)42(57)46(43(58)37(31)52)61-11-18(71)14-68)24-6-5-23(64-24)28(22-4-3-21(63-22)20-2-1-15(62-20)7-25(19)65-26)30-34(49)40(55)45(41(56)35(30)50)60-10-17(70)13-67/h1-8,16-18,59-64,66-71H,9-14H2/t16-,17-,18-/m0/s1. The van der Waals surface area contributed by atoms with Gasteiger partial charge in [-0.2, -0.15) is 0 Å². The molecule has 3 atom stereocenters. The maximum absolute atomic E-state index is 16.6. The van der Waals surface area contributed by atoms with Crippen LogP contribution in [0, 0.1) is 69.8 Å². The zero-order chi connectivity index (χ0) is 51.3. The number of nitrogens with zero attached hydrogens (tertiary/aromatic N) is 1. The van der Waals surface area contributed by atoms with E-state index in [9.17, 15) is 20.4 Å². The topological polar surface area (TPSA) is 218 Å². The monoisotopic (exact) mass is 1010 g/mol. The van der Waals surface area contributed by atoms with Crippen molar-refractivity contribution < 1.29 is 83.3 Å². The van der Waals surface area contributed by atoms with Gasteiger partial charge >= 0.3 is 0 Å². The molecule has 25 heteroatoms. The second-order valence-electron chi connectivity index (χ2n) is 15.9. The fraction of sp³-hybridized carbons (Fsp3) is 0.196. The van der Waals surface area contributed by atoms with Gasteiger partial charge < -0.3 is 61.5 Å². The molecule has 13 nitrogen and oxygen atoms in total. The van der Waals surface area contributed by atoms with E-state index in [-0.39, 0.29) is 22.1 Å². The Morgan fingerprint density at radius 3 is 1.17 bits per heavy atom. The van der Waals surface area contributed by atoms with Gasteiger partial charge in [0.2, 0.25) is 0 Å². The summed E-state index contributed by atoms with van der Waals surface area (Å²) in [6.07, 6.45) is -4.39. The number of rotatable bonds is 15. The Morgan fingerprint density at radius 2 is 0.746 bits per heavy atom. The molecule has 0 saturated carbocycles. The zero-order valence-electron chi connectivity index (χ0n) is 35.8. The fourth-order valence-electron chi connectivity index (χ4n) is 7.76. The second kappa shape index (κ2) is 19.8. The van der Waals surface area contributed by atoms with E-state index < -0.39 is 200 Å². The van der Waals surface area contributed by atoms with Crippen LogP contribution in [0.3, 0.4) is 0 Å². The van der Waals surface area contributed by atoms with E-state index >= 15 is 52.7 Å². The van der Waals surface area contributed by atoms with Crippen LogP contribution in [0.15, 0.2) is 42.5 Å². The minimum Gasteiger partial charge on any atom is -0.394 e. The van der Waals surface area contributed by atoms with Gasteiger partial charge in [-0.25, -0.2) is 57.7 Å². The number of benzene rings is 3. The van der Waals surface area contributed by atoms with E-state index in [2.05, 4.69) is 19.9 Å². The van der Waals surface area contributed by atoms with E-state index in [4.69, 9.17) is 10.2 Å². The van der Waals surface area contributed by atoms with Crippen molar-refractivity contribution in [1.29, 1.82) is 0 Å². The van der Waals surface area contributed by atoms with E-state index in [1.165, 1.54) is 24.3 Å². The SMILES string of the molecule is OC[C@@H](O)CNc1c(F)c(F)c(C2=Cc3nc2cc2ccc([nH]2)c2ccc([nH]2)c(-c2c(F)c(F)c(NC[C@H](O)CO)c(F)c2F)c2ccc([nH]2)c3-c2c(F)c(F)c(NC[C@H](O)CO)c(F)c2F)c(F)c1F. The molecule has 3 aromatic carbocycles. The van der Waals surface area contributed by atoms with Crippen molar-refractivity contribution in [2.45, 2.75) is 18.3 Å². The first-order chi connectivity index (χ1) is 33.8. The van der Waals surface area contributed by atoms with Gasteiger partial charge in [0.1, 0.15) is 17.1 Å². The molecule has 0 radical (unpaired) electrons. The number of aromatic nitrogens is 4. The third kappa shape index (κ3) is 8.95. The van der Waals surface area contributed by atoms with Crippen LogP contribution in [0.25, 0.3) is 67.0 Å². The van der Waals surface area contributed by atoms with Gasteiger partial charge in [0.05, 0.1) is 77.2 Å². The van der Waals surface area contributed by atoms with Gasteiger partial charge in [-0.1, -0.05) is 0 Å². The Kier molecular flexibility index (Phi) is 14.0. The van der Waals surface area contributed by atoms with Crippen LogP contribution in [0.4, 0.5) is 69.7 Å². The molecule has 12 N–H and O–H groups in total. The highest BCUT2D eigenvalue weighted by Crippen LogP contribution is 2.44. The van der Waals surface area contributed by atoms with Crippen LogP contribution in [0.2, 0.25) is 0 Å². The van der Waals surface area contributed by atoms with Crippen molar-refractivity contribution in [2.75, 3.05) is 55.4 Å². The van der Waals surface area contributed by atoms with Crippen LogP contribution in [0.1, 0.15) is 17.0 Å². The Morgan fingerprint density at radius 1 is 0.408 bits per heavy atom. The smallest absolute Gasteiger partial charge is 0.185 e. The number of aromatic amines is 3. The van der Waals surface area contributed by atoms with E-state index in [0.29, 0.717) is 6.08 Å². The van der Waals surface area contributed by atoms with Crippen LogP contribution >= 0.6 is 0 Å². The molecular formula is C46H35F12N7O6. The first kappa shape index (κ1) is 50.1. The number of H-pyrrole nitrogens is 3. The molecule has 0 spiro atoms. The molecule has 8 rings (SSSR count). The first-order valence-corrected chi connectivity index (χ1v) is 20.8. The number of anilines is 3. The molecule has 8 bridgehead atoms. The molecule has 0 amide bonds. The minimum atomic E-state index is -2.22. The van der Waals surface area contributed by atoms with Gasteiger partial charge in [-0.15, -0.1) is 0 Å². The molecule has 1 aliphatic heterocycles. The summed E-state index contributed by atoms with van der Waals surface area (Å²) < 4.78 is 194. The molecule has 0 saturated heterocycles. The molecule has 1 aliphatic rings. The number of aliphatic hydroxyl groups is 6. The summed E-state index contributed by atoms with van der Waals surface area (Å²) in [7, 11) is 0. The summed E-state index contributed by atoms with van der Waals surface area (Å²) in [5.41, 5.74) is -14.5. The normalized spacial score (nSPS) is 13.5. The van der Waals surface area contributed by atoms with Crippen LogP contribution < -0.4 is 16.0 Å². The predicted octanol–water partition coefficient (Wildman–Crippen LogP) is 7.41. The van der Waals surface area contributed by atoms with Crippen molar-refractivity contribution in [3.05, 3.63) is 129 Å². The lowest BCUT2D eigenvalue weighted by Gasteiger charge is -2.16. The van der Waals surface area contributed by atoms with Crippen molar-refractivity contribution >= 4 is 61.8 Å². The molecule has 374 valence electrons. The second-order valence-corrected chi connectivity index (χ2v) is 15.9. The predicted molar refractivity (Wildman–Crippen MR) is 235 cm³/mol.